The van der Waals surface area contributed by atoms with Crippen molar-refractivity contribution in [1.29, 1.82) is 0 Å². The molecule has 0 fully saturated rings. The third-order valence-electron chi connectivity index (χ3n) is 2.15. The minimum absolute atomic E-state index is 0.0902. The second kappa shape index (κ2) is 5.99. The molecule has 0 N–H and O–H groups in total. The molecule has 99 valence electrons. The Hall–Kier alpha value is -2.37. The Balaban J connectivity index is 2.32. The summed E-state index contributed by atoms with van der Waals surface area (Å²) in [7, 11) is 0. The van der Waals surface area contributed by atoms with Crippen LogP contribution in [0, 0.1) is 6.20 Å². The molecular weight excluding hydrogens is 256 g/mol. The van der Waals surface area contributed by atoms with Gasteiger partial charge < -0.3 is 13.9 Å². The summed E-state index contributed by atoms with van der Waals surface area (Å²) in [5.41, 5.74) is 0.489. The van der Waals surface area contributed by atoms with E-state index in [2.05, 4.69) is 22.5 Å². The van der Waals surface area contributed by atoms with Crippen LogP contribution in [0.4, 0.5) is 8.78 Å². The zero-order chi connectivity index (χ0) is 13.7. The summed E-state index contributed by atoms with van der Waals surface area (Å²) in [6.45, 7) is 0.721. The minimum atomic E-state index is -2.95. The molecule has 19 heavy (non-hydrogen) atoms. The van der Waals surface area contributed by atoms with Crippen molar-refractivity contribution in [2.45, 2.75) is 6.61 Å². The van der Waals surface area contributed by atoms with Gasteiger partial charge in [0.1, 0.15) is 19.1 Å². The van der Waals surface area contributed by atoms with E-state index in [0.717, 1.165) is 0 Å². The summed E-state index contributed by atoms with van der Waals surface area (Å²) in [5.74, 6) is 0.362. The first-order valence-corrected chi connectivity index (χ1v) is 5.35. The van der Waals surface area contributed by atoms with Gasteiger partial charge in [-0.25, -0.2) is 4.98 Å². The first-order chi connectivity index (χ1) is 9.20. The van der Waals surface area contributed by atoms with E-state index in [1.165, 1.54) is 24.5 Å². The van der Waals surface area contributed by atoms with Crippen molar-refractivity contribution in [2.24, 2.45) is 0 Å². The molecule has 0 amide bonds. The molecule has 0 spiro atoms. The average Bonchev–Trinajstić information content (AvgIpc) is 2.90. The van der Waals surface area contributed by atoms with Gasteiger partial charge in [0.2, 0.25) is 5.89 Å². The Morgan fingerprint density at radius 3 is 2.89 bits per heavy atom. The molecule has 1 heterocycles. The van der Waals surface area contributed by atoms with E-state index >= 15 is 0 Å². The number of alkyl halides is 2. The Morgan fingerprint density at radius 2 is 2.26 bits per heavy atom. The number of hydrogen-bond acceptors (Lipinski definition) is 4. The molecular formula is C13H10F2NO3. The van der Waals surface area contributed by atoms with Crippen LogP contribution >= 0.6 is 0 Å². The Bertz CT molecular complexity index is 541. The number of nitrogens with zero attached hydrogens (tertiary/aromatic N) is 1. The summed E-state index contributed by atoms with van der Waals surface area (Å²) < 4.78 is 39.4. The van der Waals surface area contributed by atoms with E-state index < -0.39 is 6.61 Å². The van der Waals surface area contributed by atoms with E-state index in [-0.39, 0.29) is 24.0 Å². The monoisotopic (exact) mass is 266 g/mol. The molecule has 0 bridgehead atoms. The van der Waals surface area contributed by atoms with Crippen LogP contribution < -0.4 is 9.47 Å². The number of rotatable bonds is 6. The maximum Gasteiger partial charge on any atom is 0.387 e. The molecule has 1 aromatic heterocycles. The van der Waals surface area contributed by atoms with Crippen LogP contribution in [0.5, 0.6) is 11.5 Å². The lowest BCUT2D eigenvalue weighted by Crippen LogP contribution is -2.05. The van der Waals surface area contributed by atoms with Gasteiger partial charge in [0.15, 0.2) is 11.5 Å². The lowest BCUT2D eigenvalue weighted by Gasteiger charge is -2.11. The molecule has 6 heteroatoms. The molecule has 2 rings (SSSR count). The molecule has 4 nitrogen and oxygen atoms in total. The summed E-state index contributed by atoms with van der Waals surface area (Å²) in [6, 6.07) is 4.49. The fourth-order valence-electron chi connectivity index (χ4n) is 1.42. The van der Waals surface area contributed by atoms with Gasteiger partial charge in [-0.1, -0.05) is 12.7 Å². The quantitative estimate of drug-likeness (QED) is 0.752. The molecule has 0 saturated carbocycles. The molecule has 0 aliphatic carbocycles. The number of ether oxygens (including phenoxy) is 2. The van der Waals surface area contributed by atoms with Crippen LogP contribution in [-0.4, -0.2) is 18.2 Å². The van der Waals surface area contributed by atoms with E-state index in [1.54, 1.807) is 6.07 Å². The van der Waals surface area contributed by atoms with Gasteiger partial charge in [-0.05, 0) is 18.2 Å². The Labute approximate surface area is 108 Å². The number of aromatic nitrogens is 1. The predicted octanol–water partition coefficient (Wildman–Crippen LogP) is 3.31. The van der Waals surface area contributed by atoms with E-state index in [1.807, 2.05) is 0 Å². The SMILES string of the molecule is C=CCOc1ccc(-c2n[c]co2)cc1OC(F)F. The highest BCUT2D eigenvalue weighted by atomic mass is 19.3. The summed E-state index contributed by atoms with van der Waals surface area (Å²) in [6.07, 6.45) is 5.26. The minimum Gasteiger partial charge on any atom is -0.486 e. The van der Waals surface area contributed by atoms with Gasteiger partial charge in [0.05, 0.1) is 0 Å². The van der Waals surface area contributed by atoms with Crippen LogP contribution in [0.25, 0.3) is 11.5 Å². The van der Waals surface area contributed by atoms with Gasteiger partial charge in [-0.2, -0.15) is 8.78 Å². The normalized spacial score (nSPS) is 10.5. The average molecular weight is 266 g/mol. The molecule has 0 aliphatic rings. The number of oxazole rings is 1. The third-order valence-corrected chi connectivity index (χ3v) is 2.15. The molecule has 0 aliphatic heterocycles. The van der Waals surface area contributed by atoms with Gasteiger partial charge in [-0.3, -0.25) is 0 Å². The van der Waals surface area contributed by atoms with Crippen LogP contribution in [0.15, 0.2) is 41.5 Å². The Kier molecular flexibility index (Phi) is 4.12. The summed E-state index contributed by atoms with van der Waals surface area (Å²) in [5, 5.41) is 0. The number of benzene rings is 1. The van der Waals surface area contributed by atoms with Crippen molar-refractivity contribution in [3.05, 3.63) is 43.3 Å². The fourth-order valence-corrected chi connectivity index (χ4v) is 1.42. The molecule has 0 saturated heterocycles. The van der Waals surface area contributed by atoms with Gasteiger partial charge in [0.25, 0.3) is 0 Å². The number of hydrogen-bond donors (Lipinski definition) is 0. The van der Waals surface area contributed by atoms with Crippen molar-refractivity contribution in [2.75, 3.05) is 6.61 Å². The highest BCUT2D eigenvalue weighted by Gasteiger charge is 2.14. The molecule has 2 aromatic rings. The standard InChI is InChI=1S/C13H10F2NO3/c1-2-6-17-10-4-3-9(12-16-5-7-18-12)8-11(10)19-13(14)15/h2-4,7-8,13H,1,6H2. The van der Waals surface area contributed by atoms with Crippen molar-refractivity contribution in [3.8, 4) is 23.0 Å². The van der Waals surface area contributed by atoms with E-state index in [9.17, 15) is 8.78 Å². The fraction of sp³-hybridized carbons (Fsp3) is 0.154. The highest BCUT2D eigenvalue weighted by Crippen LogP contribution is 2.33. The van der Waals surface area contributed by atoms with Gasteiger partial charge >= 0.3 is 6.61 Å². The van der Waals surface area contributed by atoms with E-state index in [0.29, 0.717) is 5.56 Å². The second-order valence-electron chi connectivity index (χ2n) is 3.42. The lowest BCUT2D eigenvalue weighted by atomic mass is 10.2. The maximum atomic E-state index is 12.4. The number of halogens is 2. The lowest BCUT2D eigenvalue weighted by molar-refractivity contribution is -0.0513. The van der Waals surface area contributed by atoms with Crippen molar-refractivity contribution in [3.63, 3.8) is 0 Å². The van der Waals surface area contributed by atoms with Crippen molar-refractivity contribution in [1.82, 2.24) is 4.98 Å². The van der Waals surface area contributed by atoms with Gasteiger partial charge in [-0.15, -0.1) is 0 Å². The van der Waals surface area contributed by atoms with Crippen molar-refractivity contribution >= 4 is 0 Å². The zero-order valence-electron chi connectivity index (χ0n) is 9.81. The zero-order valence-corrected chi connectivity index (χ0v) is 9.81. The van der Waals surface area contributed by atoms with Crippen LogP contribution in [0.2, 0.25) is 0 Å². The molecule has 0 unspecified atom stereocenters. The topological polar surface area (TPSA) is 44.5 Å². The smallest absolute Gasteiger partial charge is 0.387 e. The molecule has 1 radical (unpaired) electrons. The summed E-state index contributed by atoms with van der Waals surface area (Å²) in [4.78, 5) is 3.81. The van der Waals surface area contributed by atoms with Gasteiger partial charge in [0, 0.05) is 5.56 Å². The first-order valence-electron chi connectivity index (χ1n) is 5.35. The van der Waals surface area contributed by atoms with Crippen LogP contribution in [0.1, 0.15) is 0 Å². The first kappa shape index (κ1) is 13.1. The third kappa shape index (κ3) is 3.31. The van der Waals surface area contributed by atoms with Crippen LogP contribution in [-0.2, 0) is 0 Å². The van der Waals surface area contributed by atoms with Crippen molar-refractivity contribution < 1.29 is 22.7 Å². The molecule has 1 aromatic carbocycles. The highest BCUT2D eigenvalue weighted by molar-refractivity contribution is 5.59. The van der Waals surface area contributed by atoms with E-state index in [4.69, 9.17) is 9.15 Å². The maximum absolute atomic E-state index is 12.4. The second-order valence-corrected chi connectivity index (χ2v) is 3.42. The summed E-state index contributed by atoms with van der Waals surface area (Å²) >= 11 is 0. The largest absolute Gasteiger partial charge is 0.486 e. The predicted molar refractivity (Wildman–Crippen MR) is 63.1 cm³/mol. The Morgan fingerprint density at radius 1 is 1.42 bits per heavy atom. The molecule has 0 atom stereocenters. The van der Waals surface area contributed by atoms with Crippen LogP contribution in [0.3, 0.4) is 0 Å².